The number of benzene rings is 2. The molecule has 152 valence electrons. The fourth-order valence-corrected chi connectivity index (χ4v) is 3.47. The maximum absolute atomic E-state index is 12.2. The highest BCUT2D eigenvalue weighted by atomic mass is 16.4. The van der Waals surface area contributed by atoms with Gasteiger partial charge in [0.25, 0.3) is 5.56 Å². The molecule has 2 aromatic carbocycles. The first-order valence-electron chi connectivity index (χ1n) is 9.54. The molecule has 0 bridgehead atoms. The molecule has 0 amide bonds. The van der Waals surface area contributed by atoms with Crippen molar-refractivity contribution in [3.05, 3.63) is 76.2 Å². The molecular formula is C21H20N6O3. The van der Waals surface area contributed by atoms with Gasteiger partial charge < -0.3 is 5.11 Å². The van der Waals surface area contributed by atoms with Gasteiger partial charge in [-0.05, 0) is 28.3 Å². The maximum atomic E-state index is 12.2. The minimum atomic E-state index is -1.12. The van der Waals surface area contributed by atoms with Gasteiger partial charge in [0.1, 0.15) is 5.69 Å². The Bertz CT molecular complexity index is 1220. The van der Waals surface area contributed by atoms with Crippen LogP contribution in [0.3, 0.4) is 0 Å². The first-order valence-corrected chi connectivity index (χ1v) is 9.54. The lowest BCUT2D eigenvalue weighted by Crippen LogP contribution is -2.24. The zero-order valence-electron chi connectivity index (χ0n) is 16.3. The van der Waals surface area contributed by atoms with Crippen molar-refractivity contribution in [1.82, 2.24) is 30.0 Å². The molecule has 0 aliphatic carbocycles. The van der Waals surface area contributed by atoms with E-state index >= 15 is 0 Å². The van der Waals surface area contributed by atoms with Gasteiger partial charge in [-0.2, -0.15) is 5.21 Å². The third-order valence-corrected chi connectivity index (χ3v) is 4.85. The van der Waals surface area contributed by atoms with Gasteiger partial charge in [-0.3, -0.25) is 9.48 Å². The minimum absolute atomic E-state index is 0.0139. The highest BCUT2D eigenvalue weighted by Crippen LogP contribution is 2.29. The standard InChI is InChI=1S/C21H20N6O3/c1-2-11-26-19(28)12-18(21(29)30)27(26)13-14-7-9-15(10-8-14)16-5-3-4-6-17(16)20-22-24-25-23-20/h3-10,12H,2,11,13H2,1H3,(H,29,30)(H,22,23,24,25). The summed E-state index contributed by atoms with van der Waals surface area (Å²) in [5.41, 5.74) is 3.35. The molecule has 0 aliphatic rings. The smallest absolute Gasteiger partial charge is 0.354 e. The van der Waals surface area contributed by atoms with Crippen molar-refractivity contribution in [3.63, 3.8) is 0 Å². The van der Waals surface area contributed by atoms with Crippen LogP contribution in [0.1, 0.15) is 29.4 Å². The van der Waals surface area contributed by atoms with Crippen molar-refractivity contribution >= 4 is 5.97 Å². The number of carbonyl (C=O) groups is 1. The van der Waals surface area contributed by atoms with Gasteiger partial charge in [0.2, 0.25) is 5.82 Å². The molecule has 2 heterocycles. The van der Waals surface area contributed by atoms with Crippen molar-refractivity contribution in [2.24, 2.45) is 0 Å². The fraction of sp³-hybridized carbons (Fsp3) is 0.190. The summed E-state index contributed by atoms with van der Waals surface area (Å²) in [5.74, 6) is -0.607. The molecule has 9 heteroatoms. The molecule has 0 saturated carbocycles. The maximum Gasteiger partial charge on any atom is 0.354 e. The van der Waals surface area contributed by atoms with Gasteiger partial charge in [0.05, 0.1) is 6.54 Å². The van der Waals surface area contributed by atoms with E-state index in [2.05, 4.69) is 20.6 Å². The first-order chi connectivity index (χ1) is 14.6. The summed E-state index contributed by atoms with van der Waals surface area (Å²) in [5, 5.41) is 23.7. The van der Waals surface area contributed by atoms with E-state index in [4.69, 9.17) is 0 Å². The fourth-order valence-electron chi connectivity index (χ4n) is 3.47. The van der Waals surface area contributed by atoms with E-state index in [1.165, 1.54) is 15.4 Å². The largest absolute Gasteiger partial charge is 0.477 e. The summed E-state index contributed by atoms with van der Waals surface area (Å²) < 4.78 is 3.00. The lowest BCUT2D eigenvalue weighted by Gasteiger charge is -2.14. The molecule has 4 rings (SSSR count). The Labute approximate surface area is 171 Å². The number of hydrogen-bond donors (Lipinski definition) is 2. The Morgan fingerprint density at radius 2 is 1.80 bits per heavy atom. The summed E-state index contributed by atoms with van der Waals surface area (Å²) >= 11 is 0. The molecule has 0 saturated heterocycles. The van der Waals surface area contributed by atoms with E-state index in [1.807, 2.05) is 55.5 Å². The van der Waals surface area contributed by atoms with Crippen LogP contribution in [0.25, 0.3) is 22.5 Å². The van der Waals surface area contributed by atoms with Crippen LogP contribution >= 0.6 is 0 Å². The van der Waals surface area contributed by atoms with Crippen LogP contribution in [0, 0.1) is 0 Å². The van der Waals surface area contributed by atoms with Crippen molar-refractivity contribution in [2.45, 2.75) is 26.4 Å². The topological polar surface area (TPSA) is 119 Å². The quantitative estimate of drug-likeness (QED) is 0.489. The Morgan fingerprint density at radius 3 is 2.43 bits per heavy atom. The Hall–Kier alpha value is -4.01. The van der Waals surface area contributed by atoms with Crippen molar-refractivity contribution < 1.29 is 9.90 Å². The normalized spacial score (nSPS) is 11.0. The number of aromatic amines is 1. The molecular weight excluding hydrogens is 384 g/mol. The number of H-pyrrole nitrogens is 1. The highest BCUT2D eigenvalue weighted by Gasteiger charge is 2.17. The molecule has 0 atom stereocenters. The number of nitrogens with zero attached hydrogens (tertiary/aromatic N) is 5. The number of nitrogens with one attached hydrogen (secondary N) is 1. The van der Waals surface area contributed by atoms with Crippen LogP contribution in [0.2, 0.25) is 0 Å². The Kier molecular flexibility index (Phi) is 5.25. The Morgan fingerprint density at radius 1 is 1.07 bits per heavy atom. The van der Waals surface area contributed by atoms with Crippen LogP contribution in [0.5, 0.6) is 0 Å². The van der Waals surface area contributed by atoms with Crippen molar-refractivity contribution in [1.29, 1.82) is 0 Å². The van der Waals surface area contributed by atoms with Crippen LogP contribution in [0.4, 0.5) is 0 Å². The van der Waals surface area contributed by atoms with Crippen molar-refractivity contribution in [2.75, 3.05) is 0 Å². The second-order valence-corrected chi connectivity index (χ2v) is 6.83. The summed E-state index contributed by atoms with van der Waals surface area (Å²) in [6, 6.07) is 16.7. The van der Waals surface area contributed by atoms with Crippen LogP contribution in [-0.4, -0.2) is 41.1 Å². The van der Waals surface area contributed by atoms with Crippen molar-refractivity contribution in [3.8, 4) is 22.5 Å². The lowest BCUT2D eigenvalue weighted by molar-refractivity contribution is 0.0681. The van der Waals surface area contributed by atoms with Gasteiger partial charge in [-0.1, -0.05) is 55.5 Å². The molecule has 2 aromatic heterocycles. The summed E-state index contributed by atoms with van der Waals surface area (Å²) in [4.78, 5) is 23.8. The van der Waals surface area contributed by atoms with Crippen LogP contribution in [0.15, 0.2) is 59.4 Å². The molecule has 9 nitrogen and oxygen atoms in total. The predicted octanol–water partition coefficient (Wildman–Crippen LogP) is 2.65. The molecule has 2 N–H and O–H groups in total. The number of hydrogen-bond acceptors (Lipinski definition) is 5. The average molecular weight is 404 g/mol. The number of aromatic carboxylic acids is 1. The van der Waals surface area contributed by atoms with E-state index < -0.39 is 5.97 Å². The van der Waals surface area contributed by atoms with Gasteiger partial charge in [-0.15, -0.1) is 10.2 Å². The van der Waals surface area contributed by atoms with E-state index in [9.17, 15) is 14.7 Å². The SMILES string of the molecule is CCCn1c(=O)cc(C(=O)O)n1Cc1ccc(-c2ccccc2-c2nn[nH]n2)cc1. The molecule has 0 fully saturated rings. The Balaban J connectivity index is 1.67. The molecule has 4 aromatic rings. The predicted molar refractivity (Wildman–Crippen MR) is 110 cm³/mol. The monoisotopic (exact) mass is 404 g/mol. The third-order valence-electron chi connectivity index (χ3n) is 4.85. The second-order valence-electron chi connectivity index (χ2n) is 6.83. The molecule has 0 unspecified atom stereocenters. The number of rotatable bonds is 7. The van der Waals surface area contributed by atoms with E-state index in [0.717, 1.165) is 28.7 Å². The number of aromatic nitrogens is 6. The average Bonchev–Trinajstić information content (AvgIpc) is 3.39. The third kappa shape index (κ3) is 3.64. The van der Waals surface area contributed by atoms with Crippen LogP contribution in [-0.2, 0) is 13.1 Å². The summed E-state index contributed by atoms with van der Waals surface area (Å²) in [6.07, 6.45) is 0.731. The summed E-state index contributed by atoms with van der Waals surface area (Å²) in [6.45, 7) is 2.69. The van der Waals surface area contributed by atoms with E-state index in [0.29, 0.717) is 12.4 Å². The first kappa shape index (κ1) is 19.3. The second kappa shape index (κ2) is 8.16. The number of tetrazole rings is 1. The van der Waals surface area contributed by atoms with Gasteiger partial charge in [0, 0.05) is 18.2 Å². The van der Waals surface area contributed by atoms with E-state index in [-0.39, 0.29) is 17.8 Å². The van der Waals surface area contributed by atoms with Gasteiger partial charge >= 0.3 is 5.97 Å². The molecule has 0 aliphatic heterocycles. The van der Waals surface area contributed by atoms with Crippen LogP contribution < -0.4 is 5.56 Å². The number of carboxylic acids is 1. The molecule has 30 heavy (non-hydrogen) atoms. The van der Waals surface area contributed by atoms with Gasteiger partial charge in [-0.25, -0.2) is 9.48 Å². The summed E-state index contributed by atoms with van der Waals surface area (Å²) in [7, 11) is 0. The minimum Gasteiger partial charge on any atom is -0.477 e. The zero-order chi connectivity index (χ0) is 21.1. The molecule has 0 spiro atoms. The highest BCUT2D eigenvalue weighted by molar-refractivity contribution is 5.85. The number of carboxylic acid groups (broad SMARTS) is 1. The van der Waals surface area contributed by atoms with Gasteiger partial charge in [0.15, 0.2) is 0 Å². The van der Waals surface area contributed by atoms with E-state index in [1.54, 1.807) is 0 Å². The zero-order valence-corrected chi connectivity index (χ0v) is 16.3. The lowest BCUT2D eigenvalue weighted by atomic mass is 9.98. The molecule has 0 radical (unpaired) electrons.